The third-order valence-corrected chi connectivity index (χ3v) is 4.95. The zero-order valence-corrected chi connectivity index (χ0v) is 14.0. The van der Waals surface area contributed by atoms with Gasteiger partial charge in [-0.15, -0.1) is 0 Å². The molecule has 1 aliphatic rings. The third-order valence-electron chi connectivity index (χ3n) is 4.19. The number of nitrogens with zero attached hydrogens (tertiary/aromatic N) is 4. The summed E-state index contributed by atoms with van der Waals surface area (Å²) in [6.07, 6.45) is 3.13. The number of nitro groups is 1. The summed E-state index contributed by atoms with van der Waals surface area (Å²) in [6.45, 7) is 1.17. The number of imidazole rings is 1. The van der Waals surface area contributed by atoms with Gasteiger partial charge in [0.05, 0.1) is 0 Å². The van der Waals surface area contributed by atoms with E-state index in [1.54, 1.807) is 16.5 Å². The fraction of sp³-hybridized carbons (Fsp3) is 0.250. The average Bonchev–Trinajstić information content (AvgIpc) is 3.28. The quantitative estimate of drug-likeness (QED) is 0.560. The minimum atomic E-state index is -0.433. The van der Waals surface area contributed by atoms with E-state index in [0.717, 1.165) is 24.2 Å². The van der Waals surface area contributed by atoms with E-state index in [-0.39, 0.29) is 17.5 Å². The molecule has 4 rings (SSSR count). The Morgan fingerprint density at radius 3 is 2.80 bits per heavy atom. The fourth-order valence-corrected chi connectivity index (χ4v) is 3.68. The second-order valence-corrected chi connectivity index (χ2v) is 6.64. The summed E-state index contributed by atoms with van der Waals surface area (Å²) >= 11 is 1.35. The lowest BCUT2D eigenvalue weighted by Gasteiger charge is -2.16. The van der Waals surface area contributed by atoms with Crippen molar-refractivity contribution in [3.8, 4) is 0 Å². The zero-order valence-electron chi connectivity index (χ0n) is 13.2. The minimum Gasteiger partial charge on any atom is -0.359 e. The van der Waals surface area contributed by atoms with Crippen molar-refractivity contribution in [1.29, 1.82) is 0 Å². The molecular weight excluding hydrogens is 342 g/mol. The largest absolute Gasteiger partial charge is 0.372 e. The molecule has 0 aliphatic carbocycles. The van der Waals surface area contributed by atoms with Gasteiger partial charge in [0.1, 0.15) is 6.20 Å². The van der Waals surface area contributed by atoms with Gasteiger partial charge < -0.3 is 20.3 Å². The van der Waals surface area contributed by atoms with Crippen LogP contribution in [0.25, 0.3) is 4.96 Å². The summed E-state index contributed by atoms with van der Waals surface area (Å²) in [5.41, 5.74) is 1.85. The molecule has 0 radical (unpaired) electrons. The molecule has 25 heavy (non-hydrogen) atoms. The molecule has 2 aromatic heterocycles. The predicted octanol–water partition coefficient (Wildman–Crippen LogP) is 3.04. The normalized spacial score (nSPS) is 14.4. The van der Waals surface area contributed by atoms with Crippen LogP contribution in [0.15, 0.2) is 35.8 Å². The van der Waals surface area contributed by atoms with Gasteiger partial charge >= 0.3 is 5.82 Å². The first-order valence-electron chi connectivity index (χ1n) is 7.86. The van der Waals surface area contributed by atoms with Gasteiger partial charge in [0.2, 0.25) is 11.7 Å². The Hall–Kier alpha value is -2.94. The smallest absolute Gasteiger partial charge is 0.359 e. The lowest BCUT2D eigenvalue weighted by Crippen LogP contribution is -2.23. The number of anilines is 2. The Labute approximate surface area is 146 Å². The van der Waals surface area contributed by atoms with Crippen LogP contribution in [0.5, 0.6) is 0 Å². The molecule has 0 spiro atoms. The number of benzene rings is 1. The number of aromatic nitrogens is 2. The van der Waals surface area contributed by atoms with Crippen LogP contribution in [0.2, 0.25) is 0 Å². The summed E-state index contributed by atoms with van der Waals surface area (Å²) in [4.78, 5) is 29.3. The van der Waals surface area contributed by atoms with Crippen molar-refractivity contribution in [3.63, 3.8) is 0 Å². The number of hydrogen-bond donors (Lipinski definition) is 1. The van der Waals surface area contributed by atoms with Gasteiger partial charge in [-0.3, -0.25) is 4.79 Å². The Morgan fingerprint density at radius 1 is 1.32 bits per heavy atom. The van der Waals surface area contributed by atoms with E-state index >= 15 is 0 Å². The molecular formula is C16H15N5O3S. The lowest BCUT2D eigenvalue weighted by molar-refractivity contribution is -0.389. The Balaban J connectivity index is 1.50. The summed E-state index contributed by atoms with van der Waals surface area (Å²) in [6, 6.07) is 7.64. The first-order chi connectivity index (χ1) is 12.1. The predicted molar refractivity (Wildman–Crippen MR) is 95.1 cm³/mol. The standard InChI is InChI=1S/C16H15N5O3S/c22-13-2-1-7-19(13)12-5-3-11(4-6-12)10-17-14-15(21(23)24)20-8-9-25-16(20)18-14/h3-6,8-9,17H,1-2,7,10H2. The average molecular weight is 357 g/mol. The van der Waals surface area contributed by atoms with Crippen molar-refractivity contribution in [1.82, 2.24) is 9.38 Å². The van der Waals surface area contributed by atoms with Crippen LogP contribution in [0.4, 0.5) is 17.3 Å². The summed E-state index contributed by atoms with van der Waals surface area (Å²) in [5.74, 6) is 0.353. The van der Waals surface area contributed by atoms with E-state index < -0.39 is 4.92 Å². The highest BCUT2D eigenvalue weighted by molar-refractivity contribution is 7.15. The van der Waals surface area contributed by atoms with Crippen molar-refractivity contribution in [2.75, 3.05) is 16.8 Å². The van der Waals surface area contributed by atoms with Gasteiger partial charge in [-0.1, -0.05) is 23.5 Å². The van der Waals surface area contributed by atoms with Crippen molar-refractivity contribution in [2.45, 2.75) is 19.4 Å². The van der Waals surface area contributed by atoms with Gasteiger partial charge in [-0.25, -0.2) is 0 Å². The van der Waals surface area contributed by atoms with Gasteiger partial charge in [-0.05, 0) is 29.0 Å². The molecule has 128 valence electrons. The summed E-state index contributed by atoms with van der Waals surface area (Å²) < 4.78 is 1.47. The molecule has 1 N–H and O–H groups in total. The van der Waals surface area contributed by atoms with E-state index in [4.69, 9.17) is 0 Å². The van der Waals surface area contributed by atoms with Crippen LogP contribution in [-0.4, -0.2) is 26.8 Å². The van der Waals surface area contributed by atoms with Crippen LogP contribution >= 0.6 is 11.3 Å². The molecule has 9 heteroatoms. The Morgan fingerprint density at radius 2 is 2.12 bits per heavy atom. The van der Waals surface area contributed by atoms with Gasteiger partial charge in [0, 0.05) is 30.6 Å². The molecule has 1 amide bonds. The highest BCUT2D eigenvalue weighted by Crippen LogP contribution is 2.28. The zero-order chi connectivity index (χ0) is 17.4. The number of carbonyl (C=O) groups excluding carboxylic acids is 1. The highest BCUT2D eigenvalue weighted by atomic mass is 32.1. The molecule has 3 heterocycles. The SMILES string of the molecule is O=C1CCCN1c1ccc(CNc2nc3sccn3c2[N+](=O)[O-])cc1. The highest BCUT2D eigenvalue weighted by Gasteiger charge is 2.24. The molecule has 0 unspecified atom stereocenters. The van der Waals surface area contributed by atoms with Crippen molar-refractivity contribution < 1.29 is 9.72 Å². The summed E-state index contributed by atoms with van der Waals surface area (Å²) in [7, 11) is 0. The van der Waals surface area contributed by atoms with E-state index in [1.165, 1.54) is 15.7 Å². The molecule has 0 saturated carbocycles. The number of carbonyl (C=O) groups is 1. The van der Waals surface area contributed by atoms with Crippen molar-refractivity contribution >= 4 is 39.5 Å². The second kappa shape index (κ2) is 6.17. The maximum atomic E-state index is 11.8. The van der Waals surface area contributed by atoms with Crippen LogP contribution < -0.4 is 10.2 Å². The van der Waals surface area contributed by atoms with Crippen LogP contribution in [0.1, 0.15) is 18.4 Å². The van der Waals surface area contributed by atoms with E-state index in [1.807, 2.05) is 24.3 Å². The first kappa shape index (κ1) is 15.6. The fourth-order valence-electron chi connectivity index (χ4n) is 2.97. The maximum absolute atomic E-state index is 11.8. The van der Waals surface area contributed by atoms with Crippen molar-refractivity contribution in [3.05, 3.63) is 51.5 Å². The molecule has 1 aromatic carbocycles. The maximum Gasteiger partial charge on any atom is 0.372 e. The minimum absolute atomic E-state index is 0.0597. The summed E-state index contributed by atoms with van der Waals surface area (Å²) in [5, 5.41) is 16.1. The number of thiazole rings is 1. The molecule has 8 nitrogen and oxygen atoms in total. The topological polar surface area (TPSA) is 92.8 Å². The molecule has 1 aliphatic heterocycles. The number of nitrogens with one attached hydrogen (secondary N) is 1. The Kier molecular flexibility index (Phi) is 3.85. The molecule has 0 bridgehead atoms. The van der Waals surface area contributed by atoms with Crippen molar-refractivity contribution in [2.24, 2.45) is 0 Å². The van der Waals surface area contributed by atoms with E-state index in [2.05, 4.69) is 10.3 Å². The number of hydrogen-bond acceptors (Lipinski definition) is 6. The van der Waals surface area contributed by atoms with Gasteiger partial charge in [0.25, 0.3) is 4.96 Å². The van der Waals surface area contributed by atoms with Crippen LogP contribution in [-0.2, 0) is 11.3 Å². The van der Waals surface area contributed by atoms with Crippen LogP contribution in [0, 0.1) is 10.1 Å². The monoisotopic (exact) mass is 357 g/mol. The molecule has 1 saturated heterocycles. The van der Waals surface area contributed by atoms with Gasteiger partial charge in [-0.2, -0.15) is 9.38 Å². The lowest BCUT2D eigenvalue weighted by atomic mass is 10.2. The van der Waals surface area contributed by atoms with E-state index in [9.17, 15) is 14.9 Å². The molecule has 0 atom stereocenters. The number of rotatable bonds is 5. The molecule has 3 aromatic rings. The number of amides is 1. The van der Waals surface area contributed by atoms with E-state index in [0.29, 0.717) is 17.9 Å². The third kappa shape index (κ3) is 2.82. The molecule has 1 fully saturated rings. The van der Waals surface area contributed by atoms with Gasteiger partial charge in [0.15, 0.2) is 0 Å². The number of fused-ring (bicyclic) bond motifs is 1. The first-order valence-corrected chi connectivity index (χ1v) is 8.74. The van der Waals surface area contributed by atoms with Crippen LogP contribution in [0.3, 0.4) is 0 Å². The Bertz CT molecular complexity index is 946. The second-order valence-electron chi connectivity index (χ2n) is 5.77.